The van der Waals surface area contributed by atoms with Crippen molar-refractivity contribution in [2.75, 3.05) is 42.3 Å². The van der Waals surface area contributed by atoms with Gasteiger partial charge < -0.3 is 15.1 Å². The third-order valence-corrected chi connectivity index (χ3v) is 4.33. The van der Waals surface area contributed by atoms with Crippen molar-refractivity contribution >= 4 is 17.6 Å². The van der Waals surface area contributed by atoms with Gasteiger partial charge >= 0.3 is 0 Å². The number of rotatable bonds is 5. The predicted molar refractivity (Wildman–Crippen MR) is 98.8 cm³/mol. The maximum absolute atomic E-state index is 14.0. The van der Waals surface area contributed by atoms with Gasteiger partial charge in [0, 0.05) is 39.1 Å². The SMILES string of the molecule is CC(C)c1nc(NC2CCN(c3c(F)cccc3F)C2)nc(N(C)C)n1. The Kier molecular flexibility index (Phi) is 5.20. The predicted octanol–water partition coefficient (Wildman–Crippen LogP) is 3.03. The van der Waals surface area contributed by atoms with Gasteiger partial charge in [0.25, 0.3) is 0 Å². The molecule has 1 aromatic heterocycles. The van der Waals surface area contributed by atoms with Crippen molar-refractivity contribution < 1.29 is 8.78 Å². The summed E-state index contributed by atoms with van der Waals surface area (Å²) in [5.74, 6) is 0.881. The molecular formula is C18H24F2N6. The van der Waals surface area contributed by atoms with E-state index in [1.54, 1.807) is 4.90 Å². The zero-order chi connectivity index (χ0) is 18.8. The Morgan fingerprint density at radius 2 is 1.85 bits per heavy atom. The van der Waals surface area contributed by atoms with Crippen LogP contribution in [-0.2, 0) is 0 Å². The smallest absolute Gasteiger partial charge is 0.229 e. The number of aromatic nitrogens is 3. The van der Waals surface area contributed by atoms with Gasteiger partial charge in [0.1, 0.15) is 23.1 Å². The first kappa shape index (κ1) is 18.3. The lowest BCUT2D eigenvalue weighted by molar-refractivity contribution is 0.577. The summed E-state index contributed by atoms with van der Waals surface area (Å²) in [6, 6.07) is 3.94. The van der Waals surface area contributed by atoms with Gasteiger partial charge in [-0.15, -0.1) is 0 Å². The lowest BCUT2D eigenvalue weighted by Crippen LogP contribution is -2.28. The molecule has 0 saturated carbocycles. The Hall–Kier alpha value is -2.51. The van der Waals surface area contributed by atoms with E-state index in [0.717, 1.165) is 6.42 Å². The summed E-state index contributed by atoms with van der Waals surface area (Å²) < 4.78 is 28.0. The highest BCUT2D eigenvalue weighted by atomic mass is 19.1. The van der Waals surface area contributed by atoms with E-state index in [0.29, 0.717) is 30.8 Å². The molecule has 0 radical (unpaired) electrons. The molecule has 1 aliphatic rings. The molecule has 8 heteroatoms. The van der Waals surface area contributed by atoms with Crippen LogP contribution in [0.15, 0.2) is 18.2 Å². The van der Waals surface area contributed by atoms with Crippen LogP contribution < -0.4 is 15.1 Å². The van der Waals surface area contributed by atoms with E-state index < -0.39 is 11.6 Å². The number of para-hydroxylation sites is 1. The molecule has 0 aliphatic carbocycles. The molecule has 0 spiro atoms. The van der Waals surface area contributed by atoms with Crippen LogP contribution in [0.5, 0.6) is 0 Å². The molecule has 1 N–H and O–H groups in total. The second kappa shape index (κ2) is 7.39. The van der Waals surface area contributed by atoms with Crippen LogP contribution >= 0.6 is 0 Å². The average Bonchev–Trinajstić information content (AvgIpc) is 3.02. The standard InChI is InChI=1S/C18H24F2N6/c1-11(2)16-22-17(24-18(23-16)25(3)4)21-12-8-9-26(10-12)15-13(19)6-5-7-14(15)20/h5-7,11-12H,8-10H2,1-4H3,(H,21,22,23,24). The van der Waals surface area contributed by atoms with Crippen molar-refractivity contribution in [3.8, 4) is 0 Å². The van der Waals surface area contributed by atoms with Crippen molar-refractivity contribution in [3.63, 3.8) is 0 Å². The maximum Gasteiger partial charge on any atom is 0.229 e. The third kappa shape index (κ3) is 3.84. The normalized spacial score (nSPS) is 17.0. The topological polar surface area (TPSA) is 57.2 Å². The van der Waals surface area contributed by atoms with Crippen LogP contribution in [0.3, 0.4) is 0 Å². The van der Waals surface area contributed by atoms with Crippen LogP contribution in [0.1, 0.15) is 32.0 Å². The highest BCUT2D eigenvalue weighted by Gasteiger charge is 2.27. The molecule has 1 saturated heterocycles. The first-order valence-electron chi connectivity index (χ1n) is 8.74. The summed E-state index contributed by atoms with van der Waals surface area (Å²) in [5, 5.41) is 3.29. The third-order valence-electron chi connectivity index (χ3n) is 4.33. The van der Waals surface area contributed by atoms with Crippen LogP contribution in [0.2, 0.25) is 0 Å². The lowest BCUT2D eigenvalue weighted by atomic mass is 10.2. The maximum atomic E-state index is 14.0. The Bertz CT molecular complexity index is 734. The minimum atomic E-state index is -0.539. The van der Waals surface area contributed by atoms with Crippen LogP contribution in [0.25, 0.3) is 0 Å². The minimum absolute atomic E-state index is 0.00595. The highest BCUT2D eigenvalue weighted by Crippen LogP contribution is 2.27. The van der Waals surface area contributed by atoms with E-state index in [1.165, 1.54) is 18.2 Å². The summed E-state index contributed by atoms with van der Waals surface area (Å²) >= 11 is 0. The Labute approximate surface area is 152 Å². The molecule has 3 rings (SSSR count). The quantitative estimate of drug-likeness (QED) is 0.882. The molecule has 1 aliphatic heterocycles. The van der Waals surface area contributed by atoms with E-state index in [4.69, 9.17) is 0 Å². The fraction of sp³-hybridized carbons (Fsp3) is 0.500. The van der Waals surface area contributed by atoms with Crippen molar-refractivity contribution in [1.29, 1.82) is 0 Å². The number of halogens is 2. The van der Waals surface area contributed by atoms with Crippen molar-refractivity contribution in [3.05, 3.63) is 35.7 Å². The first-order valence-corrected chi connectivity index (χ1v) is 8.74. The molecule has 0 bridgehead atoms. The number of anilines is 3. The largest absolute Gasteiger partial charge is 0.365 e. The molecule has 1 unspecified atom stereocenters. The van der Waals surface area contributed by atoms with Crippen LogP contribution in [-0.4, -0.2) is 48.2 Å². The lowest BCUT2D eigenvalue weighted by Gasteiger charge is -2.21. The molecule has 26 heavy (non-hydrogen) atoms. The van der Waals surface area contributed by atoms with Gasteiger partial charge in [0.2, 0.25) is 11.9 Å². The minimum Gasteiger partial charge on any atom is -0.365 e. The number of nitrogens with one attached hydrogen (secondary N) is 1. The number of benzene rings is 1. The molecule has 2 aromatic rings. The van der Waals surface area contributed by atoms with Gasteiger partial charge in [0.15, 0.2) is 0 Å². The molecule has 0 amide bonds. The second-order valence-corrected chi connectivity index (χ2v) is 7.01. The highest BCUT2D eigenvalue weighted by molar-refractivity contribution is 5.51. The van der Waals surface area contributed by atoms with Crippen LogP contribution in [0, 0.1) is 11.6 Å². The molecular weight excluding hydrogens is 338 g/mol. The molecule has 1 aromatic carbocycles. The summed E-state index contributed by atoms with van der Waals surface area (Å²) in [7, 11) is 3.75. The number of hydrogen-bond acceptors (Lipinski definition) is 6. The van der Waals surface area contributed by atoms with E-state index in [9.17, 15) is 8.78 Å². The monoisotopic (exact) mass is 362 g/mol. The van der Waals surface area contributed by atoms with E-state index in [1.807, 2.05) is 32.8 Å². The van der Waals surface area contributed by atoms with E-state index >= 15 is 0 Å². The summed E-state index contributed by atoms with van der Waals surface area (Å²) in [6.07, 6.45) is 0.744. The van der Waals surface area contributed by atoms with E-state index in [-0.39, 0.29) is 17.6 Å². The van der Waals surface area contributed by atoms with E-state index in [2.05, 4.69) is 20.3 Å². The molecule has 2 heterocycles. The van der Waals surface area contributed by atoms with Gasteiger partial charge in [-0.05, 0) is 18.6 Å². The van der Waals surface area contributed by atoms with Crippen LogP contribution in [0.4, 0.5) is 26.4 Å². The van der Waals surface area contributed by atoms with Gasteiger partial charge in [-0.2, -0.15) is 15.0 Å². The average molecular weight is 362 g/mol. The van der Waals surface area contributed by atoms with Gasteiger partial charge in [0.05, 0.1) is 0 Å². The Balaban J connectivity index is 1.76. The van der Waals surface area contributed by atoms with Crippen molar-refractivity contribution in [1.82, 2.24) is 15.0 Å². The number of hydrogen-bond donors (Lipinski definition) is 1. The Morgan fingerprint density at radius 3 is 2.46 bits per heavy atom. The Morgan fingerprint density at radius 1 is 1.15 bits per heavy atom. The van der Waals surface area contributed by atoms with Gasteiger partial charge in [-0.25, -0.2) is 8.78 Å². The van der Waals surface area contributed by atoms with Crippen molar-refractivity contribution in [2.45, 2.75) is 32.2 Å². The summed E-state index contributed by atoms with van der Waals surface area (Å²) in [6.45, 7) is 5.10. The van der Waals surface area contributed by atoms with Gasteiger partial charge in [-0.3, -0.25) is 0 Å². The van der Waals surface area contributed by atoms with Crippen molar-refractivity contribution in [2.24, 2.45) is 0 Å². The zero-order valence-electron chi connectivity index (χ0n) is 15.5. The molecule has 6 nitrogen and oxygen atoms in total. The second-order valence-electron chi connectivity index (χ2n) is 7.01. The summed E-state index contributed by atoms with van der Waals surface area (Å²) in [5.41, 5.74) is 0.0318. The summed E-state index contributed by atoms with van der Waals surface area (Å²) in [4.78, 5) is 16.9. The van der Waals surface area contributed by atoms with Gasteiger partial charge in [-0.1, -0.05) is 19.9 Å². The molecule has 1 atom stereocenters. The fourth-order valence-corrected chi connectivity index (χ4v) is 2.96. The fourth-order valence-electron chi connectivity index (χ4n) is 2.96. The number of nitrogens with zero attached hydrogens (tertiary/aromatic N) is 5. The zero-order valence-corrected chi connectivity index (χ0v) is 15.5. The molecule has 1 fully saturated rings. The first-order chi connectivity index (χ1) is 12.3. The molecule has 140 valence electrons.